The summed E-state index contributed by atoms with van der Waals surface area (Å²) in [4.78, 5) is 28.8. The van der Waals surface area contributed by atoms with Crippen molar-refractivity contribution in [1.29, 1.82) is 0 Å². The topological polar surface area (TPSA) is 273 Å². The lowest BCUT2D eigenvalue weighted by Gasteiger charge is -2.05. The Morgan fingerprint density at radius 1 is 0.800 bits per heavy atom. The van der Waals surface area contributed by atoms with Crippen LogP contribution in [0.25, 0.3) is 0 Å². The Kier molecular flexibility index (Phi) is 7.31. The summed E-state index contributed by atoms with van der Waals surface area (Å²) in [6.45, 7) is 0. The van der Waals surface area contributed by atoms with E-state index in [4.69, 9.17) is 38.9 Å². The van der Waals surface area contributed by atoms with Crippen molar-refractivity contribution in [3.63, 3.8) is 0 Å². The minimum absolute atomic E-state index is 0.305. The van der Waals surface area contributed by atoms with Crippen molar-refractivity contribution in [2.75, 3.05) is 0 Å². The van der Waals surface area contributed by atoms with Gasteiger partial charge in [0.15, 0.2) is 11.5 Å². The van der Waals surface area contributed by atoms with Crippen molar-refractivity contribution < 1.29 is 69.2 Å². The highest BCUT2D eigenvalue weighted by atomic mass is 32.2. The molecular formula is C6H10O15P2S2. The van der Waals surface area contributed by atoms with Crippen molar-refractivity contribution in [3.05, 3.63) is 12.1 Å². The van der Waals surface area contributed by atoms with Gasteiger partial charge in [0.1, 0.15) is 4.90 Å². The SMILES string of the molecule is O=P(O)(O)OP(=O)(O)O.O=S(=O)(O)c1cc(O)c(O)c(S(=O)(=O)O)c1. The molecule has 0 unspecified atom stereocenters. The summed E-state index contributed by atoms with van der Waals surface area (Å²) in [5.74, 6) is -2.32. The molecule has 0 aromatic heterocycles. The third-order valence-corrected chi connectivity index (χ3v) is 5.22. The zero-order valence-electron chi connectivity index (χ0n) is 11.3. The highest BCUT2D eigenvalue weighted by Crippen LogP contribution is 2.53. The van der Waals surface area contributed by atoms with Crippen molar-refractivity contribution in [1.82, 2.24) is 0 Å². The molecule has 19 heteroatoms. The molecule has 0 bridgehead atoms. The van der Waals surface area contributed by atoms with Gasteiger partial charge >= 0.3 is 15.6 Å². The molecule has 15 nitrogen and oxygen atoms in total. The smallest absolute Gasteiger partial charge is 0.478 e. The largest absolute Gasteiger partial charge is 0.504 e. The summed E-state index contributed by atoms with van der Waals surface area (Å²) in [5.41, 5.74) is 0. The number of phenolic OH excluding ortho intramolecular Hbond substituents is 2. The monoisotopic (exact) mass is 448 g/mol. The third kappa shape index (κ3) is 9.24. The Morgan fingerprint density at radius 3 is 1.44 bits per heavy atom. The van der Waals surface area contributed by atoms with Gasteiger partial charge in [-0.3, -0.25) is 9.11 Å². The second-order valence-electron chi connectivity index (χ2n) is 3.80. The first kappa shape index (κ1) is 23.9. The van der Waals surface area contributed by atoms with Gasteiger partial charge in [-0.05, 0) is 6.07 Å². The lowest BCUT2D eigenvalue weighted by atomic mass is 10.3. The van der Waals surface area contributed by atoms with Crippen LogP contribution in [0, 0.1) is 0 Å². The molecule has 1 aromatic rings. The first-order valence-electron chi connectivity index (χ1n) is 5.07. The molecule has 0 atom stereocenters. The van der Waals surface area contributed by atoms with Crippen LogP contribution in [-0.2, 0) is 33.7 Å². The Labute approximate surface area is 139 Å². The van der Waals surface area contributed by atoms with E-state index in [1.807, 2.05) is 0 Å². The first-order chi connectivity index (χ1) is 10.7. The maximum Gasteiger partial charge on any atom is 0.478 e. The second kappa shape index (κ2) is 7.65. The fraction of sp³-hybridized carbons (Fsp3) is 0. The Morgan fingerprint density at radius 2 is 1.20 bits per heavy atom. The van der Waals surface area contributed by atoms with Crippen molar-refractivity contribution in [2.45, 2.75) is 9.79 Å². The van der Waals surface area contributed by atoms with Gasteiger partial charge in [-0.25, -0.2) is 9.13 Å². The van der Waals surface area contributed by atoms with Gasteiger partial charge in [0.05, 0.1) is 4.90 Å². The van der Waals surface area contributed by atoms with Crippen molar-refractivity contribution in [3.8, 4) is 11.5 Å². The molecule has 0 saturated carbocycles. The molecule has 8 N–H and O–H groups in total. The van der Waals surface area contributed by atoms with Crippen LogP contribution in [0.3, 0.4) is 0 Å². The van der Waals surface area contributed by atoms with E-state index in [1.165, 1.54) is 0 Å². The van der Waals surface area contributed by atoms with Crippen molar-refractivity contribution >= 4 is 35.9 Å². The number of hydrogen-bond acceptors (Lipinski definition) is 9. The Bertz CT molecular complexity index is 914. The second-order valence-corrected chi connectivity index (χ2v) is 9.23. The van der Waals surface area contributed by atoms with E-state index >= 15 is 0 Å². The molecule has 0 aliphatic rings. The fourth-order valence-corrected chi connectivity index (χ4v) is 3.39. The van der Waals surface area contributed by atoms with Crippen LogP contribution in [0.1, 0.15) is 0 Å². The van der Waals surface area contributed by atoms with Crippen LogP contribution in [0.5, 0.6) is 11.5 Å². The van der Waals surface area contributed by atoms with Crippen LogP contribution in [0.2, 0.25) is 0 Å². The average molecular weight is 448 g/mol. The molecule has 0 heterocycles. The number of aromatic hydroxyl groups is 2. The molecule has 25 heavy (non-hydrogen) atoms. The van der Waals surface area contributed by atoms with Crippen LogP contribution < -0.4 is 0 Å². The Balaban J connectivity index is 0.000000547. The van der Waals surface area contributed by atoms with Crippen LogP contribution in [0.15, 0.2) is 21.9 Å². The molecule has 0 aliphatic heterocycles. The summed E-state index contributed by atoms with van der Waals surface area (Å²) < 4.78 is 82.1. The molecule has 0 radical (unpaired) electrons. The minimum Gasteiger partial charge on any atom is -0.504 e. The molecule has 1 rings (SSSR count). The minimum atomic E-state index is -5.05. The van der Waals surface area contributed by atoms with Crippen molar-refractivity contribution in [2.24, 2.45) is 0 Å². The normalized spacial score (nSPS) is 13.0. The van der Waals surface area contributed by atoms with Gasteiger partial charge < -0.3 is 29.8 Å². The quantitative estimate of drug-likeness (QED) is 0.152. The van der Waals surface area contributed by atoms with Crippen LogP contribution in [-0.4, -0.2) is 55.7 Å². The molecule has 0 saturated heterocycles. The first-order valence-corrected chi connectivity index (χ1v) is 11.0. The van der Waals surface area contributed by atoms with E-state index in [0.717, 1.165) is 0 Å². The van der Waals surface area contributed by atoms with Gasteiger partial charge in [0.2, 0.25) is 0 Å². The van der Waals surface area contributed by atoms with E-state index in [0.29, 0.717) is 12.1 Å². The lowest BCUT2D eigenvalue weighted by Crippen LogP contribution is -2.03. The molecular weight excluding hydrogens is 438 g/mol. The summed E-state index contributed by atoms with van der Waals surface area (Å²) in [6, 6.07) is 0.735. The number of phosphoric acid groups is 2. The number of hydrogen-bond donors (Lipinski definition) is 8. The van der Waals surface area contributed by atoms with Gasteiger partial charge in [-0.1, -0.05) is 0 Å². The molecule has 0 amide bonds. The summed E-state index contributed by atoms with van der Waals surface area (Å²) in [5, 5.41) is 18.1. The molecule has 0 aliphatic carbocycles. The summed E-state index contributed by atoms with van der Waals surface area (Å²) in [7, 11) is -19.8. The van der Waals surface area contributed by atoms with E-state index in [9.17, 15) is 26.0 Å². The van der Waals surface area contributed by atoms with Gasteiger partial charge in [0, 0.05) is 6.07 Å². The maximum absolute atomic E-state index is 10.7. The average Bonchev–Trinajstić information content (AvgIpc) is 2.25. The molecule has 0 spiro atoms. The van der Waals surface area contributed by atoms with Gasteiger partial charge in [-0.2, -0.15) is 21.1 Å². The van der Waals surface area contributed by atoms with E-state index in [2.05, 4.69) is 4.31 Å². The van der Waals surface area contributed by atoms with Gasteiger partial charge in [0.25, 0.3) is 20.2 Å². The third-order valence-electron chi connectivity index (χ3n) is 1.82. The number of benzene rings is 1. The van der Waals surface area contributed by atoms with Crippen LogP contribution in [0.4, 0.5) is 0 Å². The number of rotatable bonds is 4. The molecule has 0 fully saturated rings. The van der Waals surface area contributed by atoms with Crippen LogP contribution >= 0.6 is 15.6 Å². The standard InChI is InChI=1S/C6H6O8S2.H4O7P2/c7-4-1-3(15(9,10)11)2-5(6(4)8)16(12,13)14;1-8(2,3)7-9(4,5)6/h1-2,7-8H,(H,9,10,11)(H,12,13,14);(H2,1,2,3)(H2,4,5,6). The Hall–Kier alpha value is -1.10. The van der Waals surface area contributed by atoms with E-state index in [1.54, 1.807) is 0 Å². The zero-order valence-corrected chi connectivity index (χ0v) is 14.7. The highest BCUT2D eigenvalue weighted by Gasteiger charge is 2.28. The predicted molar refractivity (Wildman–Crippen MR) is 74.6 cm³/mol. The summed E-state index contributed by atoms with van der Waals surface area (Å²) >= 11 is 0. The highest BCUT2D eigenvalue weighted by molar-refractivity contribution is 7.86. The maximum atomic E-state index is 10.7. The molecule has 1 aromatic carbocycles. The zero-order chi connectivity index (χ0) is 20.4. The van der Waals surface area contributed by atoms with E-state index < -0.39 is 57.2 Å². The summed E-state index contributed by atoms with van der Waals surface area (Å²) in [6.07, 6.45) is 0. The lowest BCUT2D eigenvalue weighted by molar-refractivity contribution is 0.225. The number of phenols is 2. The van der Waals surface area contributed by atoms with E-state index in [-0.39, 0.29) is 0 Å². The fourth-order valence-electron chi connectivity index (χ4n) is 1.05. The van der Waals surface area contributed by atoms with Gasteiger partial charge in [-0.15, -0.1) is 0 Å². The molecule has 146 valence electrons. The predicted octanol–water partition coefficient (Wildman–Crippen LogP) is -1.22.